The van der Waals surface area contributed by atoms with Gasteiger partial charge in [0, 0.05) is 0 Å². The van der Waals surface area contributed by atoms with E-state index in [4.69, 9.17) is 0 Å². The van der Waals surface area contributed by atoms with Crippen LogP contribution in [-0.2, 0) is 12.8 Å². The van der Waals surface area contributed by atoms with Crippen molar-refractivity contribution in [3.05, 3.63) is 35.1 Å². The number of nitrogens with zero attached hydrogens (tertiary/aromatic N) is 1. The van der Waals surface area contributed by atoms with E-state index in [0.29, 0.717) is 0 Å². The zero-order valence-corrected chi connectivity index (χ0v) is 11.3. The van der Waals surface area contributed by atoms with Gasteiger partial charge in [-0.05, 0) is 62.2 Å². The lowest BCUT2D eigenvalue weighted by Crippen LogP contribution is -2.24. The van der Waals surface area contributed by atoms with Crippen molar-refractivity contribution in [3.8, 4) is 0 Å². The molecule has 0 aliphatic carbocycles. The van der Waals surface area contributed by atoms with E-state index in [1.54, 1.807) is 12.1 Å². The third kappa shape index (κ3) is 4.47. The molecule has 0 unspecified atom stereocenters. The maximum absolute atomic E-state index is 13.2. The molecule has 17 heavy (non-hydrogen) atoms. The fraction of sp³-hybridized carbons (Fsp3) is 0.600. The minimum atomic E-state index is -0.111. The van der Waals surface area contributed by atoms with E-state index in [1.807, 2.05) is 6.07 Å². The molecule has 2 heteroatoms. The van der Waals surface area contributed by atoms with Crippen molar-refractivity contribution in [1.82, 2.24) is 4.90 Å². The summed E-state index contributed by atoms with van der Waals surface area (Å²) >= 11 is 0. The van der Waals surface area contributed by atoms with Crippen molar-refractivity contribution in [2.45, 2.75) is 40.0 Å². The zero-order valence-electron chi connectivity index (χ0n) is 11.3. The molecule has 0 aromatic heterocycles. The first-order chi connectivity index (χ1) is 8.21. The lowest BCUT2D eigenvalue weighted by molar-refractivity contribution is 0.300. The molecule has 0 saturated carbocycles. The van der Waals surface area contributed by atoms with Gasteiger partial charge >= 0.3 is 0 Å². The Balaban J connectivity index is 2.53. The summed E-state index contributed by atoms with van der Waals surface area (Å²) in [5.74, 6) is -0.111. The molecule has 0 aliphatic heterocycles. The number of halogens is 1. The second-order valence-electron chi connectivity index (χ2n) is 4.40. The van der Waals surface area contributed by atoms with Crippen LogP contribution in [0.25, 0.3) is 0 Å². The zero-order chi connectivity index (χ0) is 12.7. The highest BCUT2D eigenvalue weighted by Gasteiger charge is 2.04. The van der Waals surface area contributed by atoms with E-state index in [0.717, 1.165) is 38.9 Å². The fourth-order valence-electron chi connectivity index (χ4n) is 2.21. The third-order valence-corrected chi connectivity index (χ3v) is 3.36. The summed E-state index contributed by atoms with van der Waals surface area (Å²) < 4.78 is 13.2. The van der Waals surface area contributed by atoms with Crippen LogP contribution in [0.1, 0.15) is 38.3 Å². The molecule has 0 N–H and O–H groups in total. The van der Waals surface area contributed by atoms with Crippen LogP contribution in [0.15, 0.2) is 18.2 Å². The minimum absolute atomic E-state index is 0.111. The second kappa shape index (κ2) is 7.44. The molecule has 1 aromatic rings. The summed E-state index contributed by atoms with van der Waals surface area (Å²) in [5.41, 5.74) is 2.46. The third-order valence-electron chi connectivity index (χ3n) is 3.36. The normalized spacial score (nSPS) is 11.1. The first kappa shape index (κ1) is 14.2. The molecule has 0 bridgehead atoms. The first-order valence-corrected chi connectivity index (χ1v) is 6.70. The molecule has 0 spiro atoms. The van der Waals surface area contributed by atoms with Crippen LogP contribution in [0.2, 0.25) is 0 Å². The predicted molar refractivity (Wildman–Crippen MR) is 71.9 cm³/mol. The van der Waals surface area contributed by atoms with Crippen molar-refractivity contribution < 1.29 is 4.39 Å². The summed E-state index contributed by atoms with van der Waals surface area (Å²) in [6.45, 7) is 9.79. The molecule has 1 rings (SSSR count). The van der Waals surface area contributed by atoms with Crippen LogP contribution in [0, 0.1) is 5.82 Å². The van der Waals surface area contributed by atoms with Gasteiger partial charge in [-0.15, -0.1) is 0 Å². The SMILES string of the molecule is CCc1ccc(F)cc1CCCN(CC)CC. The largest absolute Gasteiger partial charge is 0.304 e. The van der Waals surface area contributed by atoms with Crippen molar-refractivity contribution >= 4 is 0 Å². The first-order valence-electron chi connectivity index (χ1n) is 6.70. The predicted octanol–water partition coefficient (Wildman–Crippen LogP) is 3.66. The summed E-state index contributed by atoms with van der Waals surface area (Å²) in [6.07, 6.45) is 3.08. The topological polar surface area (TPSA) is 3.24 Å². The Labute approximate surface area is 105 Å². The minimum Gasteiger partial charge on any atom is -0.304 e. The Morgan fingerprint density at radius 2 is 1.76 bits per heavy atom. The Morgan fingerprint density at radius 1 is 1.06 bits per heavy atom. The molecule has 0 radical (unpaired) electrons. The van der Waals surface area contributed by atoms with Crippen molar-refractivity contribution in [2.75, 3.05) is 19.6 Å². The van der Waals surface area contributed by atoms with Crippen molar-refractivity contribution in [3.63, 3.8) is 0 Å². The highest BCUT2D eigenvalue weighted by Crippen LogP contribution is 2.14. The average Bonchev–Trinajstić information content (AvgIpc) is 2.35. The Morgan fingerprint density at radius 3 is 2.35 bits per heavy atom. The van der Waals surface area contributed by atoms with Gasteiger partial charge in [-0.3, -0.25) is 0 Å². The van der Waals surface area contributed by atoms with Crippen LogP contribution in [0.4, 0.5) is 4.39 Å². The van der Waals surface area contributed by atoms with Gasteiger partial charge in [0.15, 0.2) is 0 Å². The molecule has 0 fully saturated rings. The van der Waals surface area contributed by atoms with Crippen LogP contribution < -0.4 is 0 Å². The highest BCUT2D eigenvalue weighted by atomic mass is 19.1. The van der Waals surface area contributed by atoms with E-state index in [2.05, 4.69) is 25.7 Å². The van der Waals surface area contributed by atoms with E-state index < -0.39 is 0 Å². The molecular weight excluding hydrogens is 213 g/mol. The van der Waals surface area contributed by atoms with E-state index >= 15 is 0 Å². The van der Waals surface area contributed by atoms with E-state index in [1.165, 1.54) is 11.1 Å². The van der Waals surface area contributed by atoms with Crippen LogP contribution in [-0.4, -0.2) is 24.5 Å². The lowest BCUT2D eigenvalue weighted by atomic mass is 10.0. The number of hydrogen-bond donors (Lipinski definition) is 0. The van der Waals surface area contributed by atoms with Gasteiger partial charge in [-0.2, -0.15) is 0 Å². The maximum Gasteiger partial charge on any atom is 0.123 e. The molecular formula is C15H24FN. The van der Waals surface area contributed by atoms with Gasteiger partial charge < -0.3 is 4.90 Å². The molecule has 0 amide bonds. The van der Waals surface area contributed by atoms with Crippen LogP contribution in [0.5, 0.6) is 0 Å². The van der Waals surface area contributed by atoms with E-state index in [-0.39, 0.29) is 5.82 Å². The number of benzene rings is 1. The quantitative estimate of drug-likeness (QED) is 0.699. The number of rotatable bonds is 7. The van der Waals surface area contributed by atoms with Crippen LogP contribution >= 0.6 is 0 Å². The monoisotopic (exact) mass is 237 g/mol. The lowest BCUT2D eigenvalue weighted by Gasteiger charge is -2.18. The molecule has 96 valence electrons. The van der Waals surface area contributed by atoms with Gasteiger partial charge in [0.1, 0.15) is 5.82 Å². The van der Waals surface area contributed by atoms with Crippen molar-refractivity contribution in [1.29, 1.82) is 0 Å². The Bertz CT molecular complexity index is 332. The van der Waals surface area contributed by atoms with Gasteiger partial charge in [0.05, 0.1) is 0 Å². The Kier molecular flexibility index (Phi) is 6.20. The van der Waals surface area contributed by atoms with Gasteiger partial charge in [-0.25, -0.2) is 4.39 Å². The molecule has 1 aromatic carbocycles. The van der Waals surface area contributed by atoms with Gasteiger partial charge in [0.2, 0.25) is 0 Å². The average molecular weight is 237 g/mol. The summed E-state index contributed by atoms with van der Waals surface area (Å²) in [4.78, 5) is 2.41. The smallest absolute Gasteiger partial charge is 0.123 e. The van der Waals surface area contributed by atoms with E-state index in [9.17, 15) is 4.39 Å². The summed E-state index contributed by atoms with van der Waals surface area (Å²) in [7, 11) is 0. The standard InChI is InChI=1S/C15H24FN/c1-4-13-9-10-15(16)12-14(13)8-7-11-17(5-2)6-3/h9-10,12H,4-8,11H2,1-3H3. The molecule has 0 saturated heterocycles. The summed E-state index contributed by atoms with van der Waals surface area (Å²) in [5, 5.41) is 0. The molecule has 1 nitrogen and oxygen atoms in total. The molecule has 0 heterocycles. The fourth-order valence-corrected chi connectivity index (χ4v) is 2.21. The maximum atomic E-state index is 13.2. The summed E-state index contributed by atoms with van der Waals surface area (Å²) in [6, 6.07) is 5.18. The van der Waals surface area contributed by atoms with Gasteiger partial charge in [0.25, 0.3) is 0 Å². The van der Waals surface area contributed by atoms with Gasteiger partial charge in [-0.1, -0.05) is 26.8 Å². The van der Waals surface area contributed by atoms with Crippen molar-refractivity contribution in [2.24, 2.45) is 0 Å². The number of aryl methyl sites for hydroxylation is 2. The van der Waals surface area contributed by atoms with Crippen LogP contribution in [0.3, 0.4) is 0 Å². The highest BCUT2D eigenvalue weighted by molar-refractivity contribution is 5.28. The second-order valence-corrected chi connectivity index (χ2v) is 4.40. The Hall–Kier alpha value is -0.890. The molecule has 0 aliphatic rings. The number of hydrogen-bond acceptors (Lipinski definition) is 1. The molecule has 0 atom stereocenters.